The van der Waals surface area contributed by atoms with E-state index in [9.17, 15) is 9.59 Å². The van der Waals surface area contributed by atoms with Crippen molar-refractivity contribution in [2.75, 3.05) is 18.4 Å². The molecule has 0 bridgehead atoms. The summed E-state index contributed by atoms with van der Waals surface area (Å²) in [7, 11) is 0. The summed E-state index contributed by atoms with van der Waals surface area (Å²) in [6, 6.07) is 9.05. The molecule has 7 heteroatoms. The minimum absolute atomic E-state index is 0.0676. The molecule has 7 nitrogen and oxygen atoms in total. The number of hydrogen-bond donors (Lipinski definition) is 2. The molecule has 24 heavy (non-hydrogen) atoms. The van der Waals surface area contributed by atoms with Crippen LogP contribution in [0, 0.1) is 13.8 Å². The van der Waals surface area contributed by atoms with Crippen molar-refractivity contribution >= 4 is 18.0 Å². The zero-order valence-electron chi connectivity index (χ0n) is 13.7. The van der Waals surface area contributed by atoms with Crippen LogP contribution in [0.2, 0.25) is 0 Å². The molecule has 1 aromatic carbocycles. The molecule has 3 amide bonds. The summed E-state index contributed by atoms with van der Waals surface area (Å²) in [4.78, 5) is 30.5. The smallest absolute Gasteiger partial charge is 0.326 e. The van der Waals surface area contributed by atoms with Gasteiger partial charge in [0.25, 0.3) is 0 Å². The Morgan fingerprint density at radius 3 is 2.75 bits per heavy atom. The van der Waals surface area contributed by atoms with Gasteiger partial charge in [0.05, 0.1) is 18.2 Å². The van der Waals surface area contributed by atoms with Crippen molar-refractivity contribution in [2.45, 2.75) is 26.3 Å². The molecule has 0 saturated carbocycles. The number of benzene rings is 1. The highest BCUT2D eigenvalue weighted by Gasteiger charge is 2.30. The number of nitrogens with zero attached hydrogens (tertiary/aromatic N) is 2. The molecule has 1 atom stereocenters. The molecular formula is C17H20N4O3. The maximum absolute atomic E-state index is 12.7. The van der Waals surface area contributed by atoms with E-state index in [0.717, 1.165) is 11.3 Å². The fourth-order valence-corrected chi connectivity index (χ4v) is 2.74. The number of amides is 3. The molecule has 1 aliphatic heterocycles. The predicted molar refractivity (Wildman–Crippen MR) is 88.5 cm³/mol. The molecule has 2 heterocycles. The minimum Gasteiger partial charge on any atom is -0.428 e. The maximum atomic E-state index is 12.7. The SMILES string of the molecule is Cc1nc(NC(=O)N2CCNC(=O)C[C@H]2c2ccccc2)oc1C. The third-order valence-electron chi connectivity index (χ3n) is 4.12. The molecule has 1 saturated heterocycles. The second-order valence-electron chi connectivity index (χ2n) is 5.76. The van der Waals surface area contributed by atoms with Crippen molar-refractivity contribution < 1.29 is 14.0 Å². The fraction of sp³-hybridized carbons (Fsp3) is 0.353. The Balaban J connectivity index is 1.84. The van der Waals surface area contributed by atoms with Crippen LogP contribution < -0.4 is 10.6 Å². The average molecular weight is 328 g/mol. The lowest BCUT2D eigenvalue weighted by Gasteiger charge is -2.29. The van der Waals surface area contributed by atoms with Gasteiger partial charge in [-0.05, 0) is 19.4 Å². The van der Waals surface area contributed by atoms with E-state index >= 15 is 0 Å². The van der Waals surface area contributed by atoms with Crippen LogP contribution >= 0.6 is 0 Å². The molecule has 0 unspecified atom stereocenters. The molecule has 1 aliphatic rings. The Hall–Kier alpha value is -2.83. The second-order valence-corrected chi connectivity index (χ2v) is 5.76. The van der Waals surface area contributed by atoms with Gasteiger partial charge in [0.15, 0.2) is 0 Å². The van der Waals surface area contributed by atoms with E-state index in [2.05, 4.69) is 15.6 Å². The Labute approximate surface area is 140 Å². The van der Waals surface area contributed by atoms with Crippen LogP contribution in [0.4, 0.5) is 10.8 Å². The highest BCUT2D eigenvalue weighted by Crippen LogP contribution is 2.26. The lowest BCUT2D eigenvalue weighted by molar-refractivity contribution is -0.121. The van der Waals surface area contributed by atoms with Gasteiger partial charge in [-0.2, -0.15) is 4.98 Å². The molecule has 0 aliphatic carbocycles. The number of nitrogens with one attached hydrogen (secondary N) is 2. The number of oxazole rings is 1. The highest BCUT2D eigenvalue weighted by atomic mass is 16.4. The normalized spacial score (nSPS) is 18.0. The van der Waals surface area contributed by atoms with E-state index in [0.29, 0.717) is 18.8 Å². The van der Waals surface area contributed by atoms with E-state index < -0.39 is 0 Å². The number of aromatic nitrogens is 1. The Morgan fingerprint density at radius 1 is 1.33 bits per heavy atom. The average Bonchev–Trinajstić information content (AvgIpc) is 2.77. The van der Waals surface area contributed by atoms with Crippen LogP contribution in [0.15, 0.2) is 34.7 Å². The number of aryl methyl sites for hydroxylation is 2. The van der Waals surface area contributed by atoms with Crippen LogP contribution in [0.3, 0.4) is 0 Å². The van der Waals surface area contributed by atoms with Gasteiger partial charge in [-0.1, -0.05) is 30.3 Å². The van der Waals surface area contributed by atoms with Gasteiger partial charge in [0.2, 0.25) is 5.91 Å². The van der Waals surface area contributed by atoms with Crippen LogP contribution in [-0.2, 0) is 4.79 Å². The van der Waals surface area contributed by atoms with E-state index in [1.807, 2.05) is 37.3 Å². The number of carbonyl (C=O) groups is 2. The summed E-state index contributed by atoms with van der Waals surface area (Å²) in [6.45, 7) is 4.43. The lowest BCUT2D eigenvalue weighted by Crippen LogP contribution is -2.39. The van der Waals surface area contributed by atoms with Crippen LogP contribution in [0.5, 0.6) is 0 Å². The quantitative estimate of drug-likeness (QED) is 0.886. The highest BCUT2D eigenvalue weighted by molar-refractivity contribution is 5.88. The summed E-state index contributed by atoms with van der Waals surface area (Å²) in [5, 5.41) is 5.49. The monoisotopic (exact) mass is 328 g/mol. The van der Waals surface area contributed by atoms with E-state index in [1.54, 1.807) is 11.8 Å². The summed E-state index contributed by atoms with van der Waals surface area (Å²) >= 11 is 0. The zero-order chi connectivity index (χ0) is 17.1. The Morgan fingerprint density at radius 2 is 2.08 bits per heavy atom. The Kier molecular flexibility index (Phi) is 4.50. The molecule has 2 aromatic rings. The molecular weight excluding hydrogens is 308 g/mol. The molecule has 1 fully saturated rings. The summed E-state index contributed by atoms with van der Waals surface area (Å²) in [6.07, 6.45) is 0.223. The first-order chi connectivity index (χ1) is 11.5. The largest absolute Gasteiger partial charge is 0.428 e. The van der Waals surface area contributed by atoms with Crippen molar-refractivity contribution in [1.29, 1.82) is 0 Å². The number of urea groups is 1. The maximum Gasteiger partial charge on any atom is 0.326 e. The third-order valence-corrected chi connectivity index (χ3v) is 4.12. The van der Waals surface area contributed by atoms with Crippen LogP contribution in [-0.4, -0.2) is 34.9 Å². The van der Waals surface area contributed by atoms with Gasteiger partial charge in [-0.15, -0.1) is 0 Å². The van der Waals surface area contributed by atoms with Gasteiger partial charge >= 0.3 is 12.0 Å². The number of hydrogen-bond acceptors (Lipinski definition) is 4. The third kappa shape index (κ3) is 3.40. The molecule has 0 radical (unpaired) electrons. The molecule has 126 valence electrons. The number of carbonyl (C=O) groups excluding carboxylic acids is 2. The van der Waals surface area contributed by atoms with E-state index in [-0.39, 0.29) is 30.4 Å². The van der Waals surface area contributed by atoms with Gasteiger partial charge in [-0.3, -0.25) is 10.1 Å². The second kappa shape index (κ2) is 6.74. The standard InChI is InChI=1S/C17H20N4O3/c1-11-12(2)24-16(19-11)20-17(23)21-9-8-18-15(22)10-14(21)13-6-4-3-5-7-13/h3-7,14H,8-10H2,1-2H3,(H,18,22)(H,19,20,23)/t14-/m0/s1. The van der Waals surface area contributed by atoms with Crippen molar-refractivity contribution in [3.8, 4) is 0 Å². The van der Waals surface area contributed by atoms with Gasteiger partial charge < -0.3 is 14.6 Å². The first-order valence-corrected chi connectivity index (χ1v) is 7.88. The van der Waals surface area contributed by atoms with E-state index in [1.165, 1.54) is 0 Å². The molecule has 1 aromatic heterocycles. The number of anilines is 1. The Bertz CT molecular complexity index is 722. The van der Waals surface area contributed by atoms with Gasteiger partial charge in [-0.25, -0.2) is 4.79 Å². The molecule has 0 spiro atoms. The van der Waals surface area contributed by atoms with Crippen LogP contribution in [0.25, 0.3) is 0 Å². The van der Waals surface area contributed by atoms with Gasteiger partial charge in [0.1, 0.15) is 5.76 Å². The van der Waals surface area contributed by atoms with Crippen molar-refractivity contribution in [2.24, 2.45) is 0 Å². The fourth-order valence-electron chi connectivity index (χ4n) is 2.74. The van der Waals surface area contributed by atoms with Crippen molar-refractivity contribution in [3.05, 3.63) is 47.3 Å². The van der Waals surface area contributed by atoms with Gasteiger partial charge in [0, 0.05) is 13.1 Å². The zero-order valence-corrected chi connectivity index (χ0v) is 13.7. The first kappa shape index (κ1) is 16.0. The first-order valence-electron chi connectivity index (χ1n) is 7.88. The number of rotatable bonds is 2. The van der Waals surface area contributed by atoms with E-state index in [4.69, 9.17) is 4.42 Å². The predicted octanol–water partition coefficient (Wildman–Crippen LogP) is 2.39. The summed E-state index contributed by atoms with van der Waals surface area (Å²) in [5.74, 6) is 0.597. The molecule has 3 rings (SSSR count). The summed E-state index contributed by atoms with van der Waals surface area (Å²) < 4.78 is 5.42. The molecule has 2 N–H and O–H groups in total. The van der Waals surface area contributed by atoms with Crippen LogP contribution in [0.1, 0.15) is 29.5 Å². The van der Waals surface area contributed by atoms with Crippen molar-refractivity contribution in [1.82, 2.24) is 15.2 Å². The minimum atomic E-state index is -0.332. The summed E-state index contributed by atoms with van der Waals surface area (Å²) in [5.41, 5.74) is 1.65. The topological polar surface area (TPSA) is 87.5 Å². The lowest BCUT2D eigenvalue weighted by atomic mass is 10.0. The van der Waals surface area contributed by atoms with Crippen molar-refractivity contribution in [3.63, 3.8) is 0 Å².